The first-order chi connectivity index (χ1) is 11.6. The maximum absolute atomic E-state index is 12.1. The van der Waals surface area contributed by atoms with Crippen LogP contribution in [0, 0.1) is 19.8 Å². The van der Waals surface area contributed by atoms with Gasteiger partial charge in [0.05, 0.1) is 12.2 Å². The third-order valence-corrected chi connectivity index (χ3v) is 4.84. The molecule has 0 unspecified atom stereocenters. The minimum absolute atomic E-state index is 0.0883. The summed E-state index contributed by atoms with van der Waals surface area (Å²) >= 11 is 1.53. The molecule has 0 bridgehead atoms. The topological polar surface area (TPSA) is 81.7 Å². The second kappa shape index (κ2) is 5.82. The van der Waals surface area contributed by atoms with Gasteiger partial charge in [-0.25, -0.2) is 9.36 Å². The van der Waals surface area contributed by atoms with Crippen LogP contribution in [0.15, 0.2) is 28.5 Å². The lowest BCUT2D eigenvalue weighted by Gasteiger charge is -2.38. The molecule has 0 radical (unpaired) electrons. The van der Waals surface area contributed by atoms with Gasteiger partial charge in [-0.1, -0.05) is 11.3 Å². The number of hydrogen-bond acceptors (Lipinski definition) is 7. The van der Waals surface area contributed by atoms with Crippen LogP contribution < -0.4 is 10.5 Å². The van der Waals surface area contributed by atoms with Gasteiger partial charge in [-0.3, -0.25) is 4.79 Å². The lowest BCUT2D eigenvalue weighted by atomic mass is 10.0. The van der Waals surface area contributed by atoms with E-state index in [4.69, 9.17) is 0 Å². The van der Waals surface area contributed by atoms with Crippen LogP contribution in [0.1, 0.15) is 11.4 Å². The third-order valence-electron chi connectivity index (χ3n) is 4.09. The molecule has 0 atom stereocenters. The van der Waals surface area contributed by atoms with Crippen molar-refractivity contribution in [2.75, 3.05) is 18.0 Å². The summed E-state index contributed by atoms with van der Waals surface area (Å²) < 4.78 is 3.30. The van der Waals surface area contributed by atoms with Crippen molar-refractivity contribution >= 4 is 16.5 Å². The molecule has 0 aromatic carbocycles. The average molecular weight is 343 g/mol. The molecule has 24 heavy (non-hydrogen) atoms. The first-order valence-corrected chi connectivity index (χ1v) is 8.61. The first kappa shape index (κ1) is 15.0. The molecule has 124 valence electrons. The van der Waals surface area contributed by atoms with Gasteiger partial charge in [0.2, 0.25) is 5.13 Å². The zero-order chi connectivity index (χ0) is 16.7. The predicted molar refractivity (Wildman–Crippen MR) is 90.7 cm³/mol. The fourth-order valence-corrected chi connectivity index (χ4v) is 3.51. The Morgan fingerprint density at radius 3 is 2.75 bits per heavy atom. The lowest BCUT2D eigenvalue weighted by Crippen LogP contribution is -2.49. The number of aryl methyl sites for hydroxylation is 2. The Balaban J connectivity index is 1.51. The maximum Gasteiger partial charge on any atom is 0.266 e. The summed E-state index contributed by atoms with van der Waals surface area (Å²) in [7, 11) is 0. The Morgan fingerprint density at radius 1 is 1.25 bits per heavy atom. The van der Waals surface area contributed by atoms with E-state index in [2.05, 4.69) is 25.3 Å². The van der Waals surface area contributed by atoms with Crippen LogP contribution in [-0.2, 0) is 6.54 Å². The molecule has 0 saturated carbocycles. The molecule has 3 aromatic heterocycles. The van der Waals surface area contributed by atoms with Crippen LogP contribution in [0.3, 0.4) is 0 Å². The van der Waals surface area contributed by atoms with E-state index in [9.17, 15) is 4.79 Å². The van der Waals surface area contributed by atoms with Crippen molar-refractivity contribution in [2.45, 2.75) is 20.4 Å². The molecule has 4 heterocycles. The standard InChI is InChI=1S/C15H17N7OS/c1-10-5-11(2)22(18-10)13-3-4-14(23)21(19-13)8-12-6-20(7-12)15-17-16-9-24-15/h3-5,9,12H,6-8H2,1-2H3. The minimum atomic E-state index is -0.0883. The summed E-state index contributed by atoms with van der Waals surface area (Å²) in [6, 6.07) is 5.26. The molecule has 1 aliphatic rings. The van der Waals surface area contributed by atoms with Gasteiger partial charge in [0, 0.05) is 30.8 Å². The Kier molecular flexibility index (Phi) is 3.64. The van der Waals surface area contributed by atoms with Crippen molar-refractivity contribution in [3.63, 3.8) is 0 Å². The van der Waals surface area contributed by atoms with Crippen molar-refractivity contribution in [3.8, 4) is 5.82 Å². The van der Waals surface area contributed by atoms with E-state index >= 15 is 0 Å². The molecule has 1 saturated heterocycles. The maximum atomic E-state index is 12.1. The number of hydrogen-bond donors (Lipinski definition) is 0. The molecule has 8 nitrogen and oxygen atoms in total. The predicted octanol–water partition coefficient (Wildman–Crippen LogP) is 1.03. The van der Waals surface area contributed by atoms with Crippen LogP contribution in [-0.4, -0.2) is 42.8 Å². The van der Waals surface area contributed by atoms with Gasteiger partial charge in [-0.15, -0.1) is 15.3 Å². The van der Waals surface area contributed by atoms with E-state index in [0.29, 0.717) is 18.3 Å². The number of rotatable bonds is 4. The van der Waals surface area contributed by atoms with Gasteiger partial charge < -0.3 is 4.90 Å². The molecule has 0 aliphatic carbocycles. The van der Waals surface area contributed by atoms with Crippen LogP contribution in [0.4, 0.5) is 5.13 Å². The van der Waals surface area contributed by atoms with Gasteiger partial charge >= 0.3 is 0 Å². The van der Waals surface area contributed by atoms with Crippen LogP contribution >= 0.6 is 11.3 Å². The second-order valence-electron chi connectivity index (χ2n) is 6.04. The van der Waals surface area contributed by atoms with E-state index in [0.717, 1.165) is 29.6 Å². The molecule has 1 fully saturated rings. The number of aromatic nitrogens is 6. The molecule has 1 aliphatic heterocycles. The highest BCUT2D eigenvalue weighted by Gasteiger charge is 2.29. The second-order valence-corrected chi connectivity index (χ2v) is 6.85. The van der Waals surface area contributed by atoms with Crippen LogP contribution in [0.5, 0.6) is 0 Å². The fraction of sp³-hybridized carbons (Fsp3) is 0.400. The van der Waals surface area contributed by atoms with Gasteiger partial charge in [0.1, 0.15) is 5.51 Å². The van der Waals surface area contributed by atoms with Crippen LogP contribution in [0.2, 0.25) is 0 Å². The lowest BCUT2D eigenvalue weighted by molar-refractivity contribution is 0.333. The monoisotopic (exact) mass is 343 g/mol. The number of nitrogens with zero attached hydrogens (tertiary/aromatic N) is 7. The Morgan fingerprint density at radius 2 is 2.08 bits per heavy atom. The minimum Gasteiger partial charge on any atom is -0.346 e. The average Bonchev–Trinajstić information content (AvgIpc) is 3.14. The SMILES string of the molecule is Cc1cc(C)n(-c2ccc(=O)n(CC3CN(c4nncs4)C3)n2)n1. The summed E-state index contributed by atoms with van der Waals surface area (Å²) in [5.74, 6) is 1.05. The van der Waals surface area contributed by atoms with E-state index in [1.165, 1.54) is 16.0 Å². The van der Waals surface area contributed by atoms with E-state index < -0.39 is 0 Å². The highest BCUT2D eigenvalue weighted by Crippen LogP contribution is 2.26. The number of anilines is 1. The van der Waals surface area contributed by atoms with Gasteiger partial charge in [-0.2, -0.15) is 5.10 Å². The normalized spacial score (nSPS) is 14.8. The molecule has 0 spiro atoms. The molecule has 4 rings (SSSR count). The fourth-order valence-electron chi connectivity index (χ4n) is 2.93. The first-order valence-electron chi connectivity index (χ1n) is 7.73. The molecule has 9 heteroatoms. The van der Waals surface area contributed by atoms with Crippen molar-refractivity contribution < 1.29 is 0 Å². The molecular formula is C15H17N7OS. The van der Waals surface area contributed by atoms with Crippen molar-refractivity contribution in [1.29, 1.82) is 0 Å². The summed E-state index contributed by atoms with van der Waals surface area (Å²) in [6.45, 7) is 6.25. The zero-order valence-electron chi connectivity index (χ0n) is 13.5. The molecule has 0 N–H and O–H groups in total. The highest BCUT2D eigenvalue weighted by molar-refractivity contribution is 7.13. The summed E-state index contributed by atoms with van der Waals surface area (Å²) in [5.41, 5.74) is 3.57. The zero-order valence-corrected chi connectivity index (χ0v) is 14.3. The summed E-state index contributed by atoms with van der Waals surface area (Å²) in [5, 5.41) is 17.8. The van der Waals surface area contributed by atoms with E-state index in [1.807, 2.05) is 19.9 Å². The van der Waals surface area contributed by atoms with E-state index in [-0.39, 0.29) is 5.56 Å². The van der Waals surface area contributed by atoms with Gasteiger partial charge in [0.25, 0.3) is 5.56 Å². The third kappa shape index (κ3) is 2.71. The van der Waals surface area contributed by atoms with Crippen molar-refractivity contribution in [3.05, 3.63) is 45.5 Å². The smallest absolute Gasteiger partial charge is 0.266 e. The molecule has 3 aromatic rings. The van der Waals surface area contributed by atoms with Crippen molar-refractivity contribution in [2.24, 2.45) is 5.92 Å². The quantitative estimate of drug-likeness (QED) is 0.704. The van der Waals surface area contributed by atoms with Crippen molar-refractivity contribution in [1.82, 2.24) is 29.8 Å². The largest absolute Gasteiger partial charge is 0.346 e. The molecule has 0 amide bonds. The Hall–Kier alpha value is -2.55. The Labute approximate surface area is 142 Å². The van der Waals surface area contributed by atoms with Gasteiger partial charge in [0.15, 0.2) is 5.82 Å². The van der Waals surface area contributed by atoms with Crippen LogP contribution in [0.25, 0.3) is 5.82 Å². The highest BCUT2D eigenvalue weighted by atomic mass is 32.1. The summed E-state index contributed by atoms with van der Waals surface area (Å²) in [4.78, 5) is 14.3. The van der Waals surface area contributed by atoms with E-state index in [1.54, 1.807) is 22.3 Å². The summed E-state index contributed by atoms with van der Waals surface area (Å²) in [6.07, 6.45) is 0. The Bertz CT molecular complexity index is 908. The molecular weight excluding hydrogens is 326 g/mol. The van der Waals surface area contributed by atoms with Gasteiger partial charge in [-0.05, 0) is 26.0 Å².